The molecule has 14 heavy (non-hydrogen) atoms. The maximum absolute atomic E-state index is 10.8. The van der Waals surface area contributed by atoms with E-state index in [1.807, 2.05) is 30.3 Å². The number of rotatable bonds is 2. The summed E-state index contributed by atoms with van der Waals surface area (Å²) in [5.74, 6) is -0.933. The van der Waals surface area contributed by atoms with E-state index in [-0.39, 0.29) is 5.56 Å². The Morgan fingerprint density at radius 3 is 2.64 bits per heavy atom. The molecule has 0 saturated carbocycles. The highest BCUT2D eigenvalue weighted by Crippen LogP contribution is 2.27. The van der Waals surface area contributed by atoms with Crippen LogP contribution in [0.15, 0.2) is 36.5 Å². The third-order valence-electron chi connectivity index (χ3n) is 1.84. The van der Waals surface area contributed by atoms with Crippen LogP contribution in [-0.2, 0) is 0 Å². The average Bonchev–Trinajstić information content (AvgIpc) is 2.67. The van der Waals surface area contributed by atoms with Crippen molar-refractivity contribution in [2.45, 2.75) is 0 Å². The minimum absolute atomic E-state index is 0.265. The van der Waals surface area contributed by atoms with Crippen LogP contribution in [-0.4, -0.2) is 15.4 Å². The van der Waals surface area contributed by atoms with E-state index in [1.54, 1.807) is 0 Å². The summed E-state index contributed by atoms with van der Waals surface area (Å²) >= 11 is 1.20. The Balaban J connectivity index is 2.52. The van der Waals surface area contributed by atoms with Crippen molar-refractivity contribution in [3.63, 3.8) is 0 Å². The molecule has 0 radical (unpaired) electrons. The molecule has 70 valence electrons. The highest BCUT2D eigenvalue weighted by atomic mass is 32.1. The van der Waals surface area contributed by atoms with Crippen LogP contribution in [0.3, 0.4) is 0 Å². The molecule has 0 unspecified atom stereocenters. The molecule has 1 N–H and O–H groups in total. The van der Waals surface area contributed by atoms with Crippen LogP contribution in [0, 0.1) is 0 Å². The lowest BCUT2D eigenvalue weighted by Gasteiger charge is -1.97. The Morgan fingerprint density at radius 2 is 2.00 bits per heavy atom. The predicted molar refractivity (Wildman–Crippen MR) is 54.5 cm³/mol. The number of nitrogens with zero attached hydrogens (tertiary/aromatic N) is 1. The molecule has 0 saturated heterocycles. The zero-order chi connectivity index (χ0) is 9.97. The normalized spacial score (nSPS) is 10.0. The second kappa shape index (κ2) is 3.59. The molecule has 0 aliphatic carbocycles. The summed E-state index contributed by atoms with van der Waals surface area (Å²) < 4.78 is 3.88. The first kappa shape index (κ1) is 8.90. The topological polar surface area (TPSA) is 50.2 Å². The van der Waals surface area contributed by atoms with Gasteiger partial charge in [0.05, 0.1) is 16.6 Å². The summed E-state index contributed by atoms with van der Waals surface area (Å²) in [7, 11) is 0. The molecule has 4 heteroatoms. The smallest absolute Gasteiger partial charge is 0.338 e. The van der Waals surface area contributed by atoms with Gasteiger partial charge < -0.3 is 5.11 Å². The van der Waals surface area contributed by atoms with Gasteiger partial charge in [0.15, 0.2) is 0 Å². The number of hydrogen-bond acceptors (Lipinski definition) is 3. The van der Waals surface area contributed by atoms with Crippen LogP contribution >= 0.6 is 11.5 Å². The van der Waals surface area contributed by atoms with Crippen LogP contribution in [0.25, 0.3) is 10.4 Å². The van der Waals surface area contributed by atoms with Gasteiger partial charge in [-0.3, -0.25) is 0 Å². The Hall–Kier alpha value is -1.68. The van der Waals surface area contributed by atoms with Crippen LogP contribution in [0.1, 0.15) is 10.4 Å². The highest BCUT2D eigenvalue weighted by Gasteiger charge is 2.13. The maximum atomic E-state index is 10.8. The van der Waals surface area contributed by atoms with Crippen molar-refractivity contribution in [3.05, 3.63) is 42.1 Å². The molecule has 1 heterocycles. The SMILES string of the molecule is O=C(O)c1cnsc1-c1ccccc1. The molecule has 0 amide bonds. The molecule has 2 rings (SSSR count). The van der Waals surface area contributed by atoms with Gasteiger partial charge in [-0.15, -0.1) is 0 Å². The molecule has 1 aromatic carbocycles. The number of carboxylic acids is 1. The minimum atomic E-state index is -0.933. The highest BCUT2D eigenvalue weighted by molar-refractivity contribution is 7.10. The molecule has 0 fully saturated rings. The van der Waals surface area contributed by atoms with Gasteiger partial charge in [0, 0.05) is 0 Å². The summed E-state index contributed by atoms with van der Waals surface area (Å²) in [6, 6.07) is 9.40. The third kappa shape index (κ3) is 1.52. The zero-order valence-corrected chi connectivity index (χ0v) is 7.99. The number of aromatic carboxylic acids is 1. The van der Waals surface area contributed by atoms with Crippen molar-refractivity contribution >= 4 is 17.5 Å². The van der Waals surface area contributed by atoms with Gasteiger partial charge in [0.2, 0.25) is 0 Å². The maximum Gasteiger partial charge on any atom is 0.338 e. The number of benzene rings is 1. The van der Waals surface area contributed by atoms with Crippen molar-refractivity contribution in [2.24, 2.45) is 0 Å². The molecule has 0 aliphatic heterocycles. The van der Waals surface area contributed by atoms with Crippen LogP contribution in [0.4, 0.5) is 0 Å². The van der Waals surface area contributed by atoms with E-state index >= 15 is 0 Å². The van der Waals surface area contributed by atoms with Crippen molar-refractivity contribution < 1.29 is 9.90 Å². The van der Waals surface area contributed by atoms with Gasteiger partial charge in [-0.2, -0.15) is 4.37 Å². The second-order valence-corrected chi connectivity index (χ2v) is 3.54. The number of hydrogen-bond donors (Lipinski definition) is 1. The molecule has 3 nitrogen and oxygen atoms in total. The Bertz CT molecular complexity index is 450. The Morgan fingerprint density at radius 1 is 1.29 bits per heavy atom. The minimum Gasteiger partial charge on any atom is -0.478 e. The first-order chi connectivity index (χ1) is 6.79. The quantitative estimate of drug-likeness (QED) is 0.819. The van der Waals surface area contributed by atoms with Gasteiger partial charge in [-0.25, -0.2) is 4.79 Å². The largest absolute Gasteiger partial charge is 0.478 e. The standard InChI is InChI=1S/C10H7NO2S/c12-10(13)8-6-11-14-9(8)7-4-2-1-3-5-7/h1-6H,(H,12,13). The number of aromatic nitrogens is 1. The Kier molecular flexibility index (Phi) is 2.28. The van der Waals surface area contributed by atoms with Gasteiger partial charge >= 0.3 is 5.97 Å². The van der Waals surface area contributed by atoms with Crippen molar-refractivity contribution in [2.75, 3.05) is 0 Å². The molecular weight excluding hydrogens is 198 g/mol. The van der Waals surface area contributed by atoms with Gasteiger partial charge in [0.25, 0.3) is 0 Å². The van der Waals surface area contributed by atoms with Crippen LogP contribution in [0.5, 0.6) is 0 Å². The van der Waals surface area contributed by atoms with E-state index in [0.717, 1.165) is 5.56 Å². The lowest BCUT2D eigenvalue weighted by Crippen LogP contribution is -1.95. The second-order valence-electron chi connectivity index (χ2n) is 2.74. The number of carboxylic acid groups (broad SMARTS) is 1. The van der Waals surface area contributed by atoms with Crippen molar-refractivity contribution in [3.8, 4) is 10.4 Å². The van der Waals surface area contributed by atoms with Crippen molar-refractivity contribution in [1.29, 1.82) is 0 Å². The summed E-state index contributed by atoms with van der Waals surface area (Å²) in [4.78, 5) is 11.5. The van der Waals surface area contributed by atoms with Gasteiger partial charge in [-0.1, -0.05) is 30.3 Å². The zero-order valence-electron chi connectivity index (χ0n) is 7.18. The van der Waals surface area contributed by atoms with E-state index in [4.69, 9.17) is 5.11 Å². The molecule has 2 aromatic rings. The van der Waals surface area contributed by atoms with E-state index in [0.29, 0.717) is 4.88 Å². The molecule has 1 aromatic heterocycles. The van der Waals surface area contributed by atoms with Gasteiger partial charge in [0.1, 0.15) is 0 Å². The predicted octanol–water partition coefficient (Wildman–Crippen LogP) is 2.51. The average molecular weight is 205 g/mol. The van der Waals surface area contributed by atoms with Gasteiger partial charge in [-0.05, 0) is 17.1 Å². The third-order valence-corrected chi connectivity index (χ3v) is 2.69. The molecular formula is C10H7NO2S. The summed E-state index contributed by atoms with van der Waals surface area (Å²) in [5, 5.41) is 8.88. The fourth-order valence-electron chi connectivity index (χ4n) is 1.19. The lowest BCUT2D eigenvalue weighted by molar-refractivity contribution is 0.0698. The summed E-state index contributed by atoms with van der Waals surface area (Å²) in [6.07, 6.45) is 1.38. The fraction of sp³-hybridized carbons (Fsp3) is 0. The molecule has 0 bridgehead atoms. The van der Waals surface area contributed by atoms with E-state index in [9.17, 15) is 4.79 Å². The fourth-order valence-corrected chi connectivity index (χ4v) is 1.93. The summed E-state index contributed by atoms with van der Waals surface area (Å²) in [6.45, 7) is 0. The molecule has 0 spiro atoms. The summed E-state index contributed by atoms with van der Waals surface area (Å²) in [5.41, 5.74) is 1.16. The first-order valence-electron chi connectivity index (χ1n) is 4.02. The van der Waals surface area contributed by atoms with Crippen LogP contribution < -0.4 is 0 Å². The first-order valence-corrected chi connectivity index (χ1v) is 4.80. The molecule has 0 aliphatic rings. The lowest BCUT2D eigenvalue weighted by atomic mass is 10.1. The van der Waals surface area contributed by atoms with Crippen molar-refractivity contribution in [1.82, 2.24) is 4.37 Å². The molecule has 0 atom stereocenters. The van der Waals surface area contributed by atoms with E-state index in [2.05, 4.69) is 4.37 Å². The van der Waals surface area contributed by atoms with E-state index in [1.165, 1.54) is 17.7 Å². The van der Waals surface area contributed by atoms with Crippen LogP contribution in [0.2, 0.25) is 0 Å². The number of carbonyl (C=O) groups is 1. The Labute approximate surface area is 84.8 Å². The van der Waals surface area contributed by atoms with E-state index < -0.39 is 5.97 Å². The monoisotopic (exact) mass is 205 g/mol.